The van der Waals surface area contributed by atoms with Gasteiger partial charge in [-0.2, -0.15) is 5.10 Å². The van der Waals surface area contributed by atoms with Gasteiger partial charge >= 0.3 is 0 Å². The van der Waals surface area contributed by atoms with Crippen LogP contribution in [0.5, 0.6) is 0 Å². The van der Waals surface area contributed by atoms with Gasteiger partial charge in [0.05, 0.1) is 5.69 Å². The van der Waals surface area contributed by atoms with Crippen LogP contribution < -0.4 is 4.90 Å². The summed E-state index contributed by atoms with van der Waals surface area (Å²) in [5.41, 5.74) is 2.33. The van der Waals surface area contributed by atoms with E-state index in [1.54, 1.807) is 0 Å². The zero-order valence-electron chi connectivity index (χ0n) is 8.33. The van der Waals surface area contributed by atoms with Gasteiger partial charge in [-0.15, -0.1) is 0 Å². The number of nitrogens with zero attached hydrogens (tertiary/aromatic N) is 2. The average molecular weight is 266 g/mol. The molecule has 1 aliphatic rings. The lowest BCUT2D eigenvalue weighted by Crippen LogP contribution is -2.17. The number of rotatable bonds is 1. The van der Waals surface area contributed by atoms with Gasteiger partial charge in [0.15, 0.2) is 0 Å². The lowest BCUT2D eigenvalue weighted by molar-refractivity contribution is 0.949. The van der Waals surface area contributed by atoms with Crippen molar-refractivity contribution in [3.63, 3.8) is 0 Å². The molecule has 1 aromatic carbocycles. The lowest BCUT2D eigenvalue weighted by atomic mass is 10.2. The highest BCUT2D eigenvalue weighted by Crippen LogP contribution is 2.30. The molecule has 3 rings (SSSR count). The Balaban J connectivity index is 2.17. The van der Waals surface area contributed by atoms with E-state index in [2.05, 4.69) is 49.2 Å². The highest BCUT2D eigenvalue weighted by Gasteiger charge is 2.16. The second-order valence-electron chi connectivity index (χ2n) is 3.91. The lowest BCUT2D eigenvalue weighted by Gasteiger charge is -2.17. The maximum Gasteiger partial charge on any atom is 0.117 e. The fourth-order valence-electron chi connectivity index (χ4n) is 2.20. The molecule has 0 radical (unpaired) electrons. The van der Waals surface area contributed by atoms with Gasteiger partial charge < -0.3 is 4.90 Å². The molecule has 1 N–H and O–H groups in total. The van der Waals surface area contributed by atoms with Crippen molar-refractivity contribution < 1.29 is 0 Å². The molecule has 1 aliphatic heterocycles. The molecule has 0 unspecified atom stereocenters. The zero-order valence-corrected chi connectivity index (χ0v) is 9.92. The number of hydrogen-bond acceptors (Lipinski definition) is 2. The fraction of sp³-hybridized carbons (Fsp3) is 0.364. The maximum absolute atomic E-state index is 4.35. The van der Waals surface area contributed by atoms with E-state index in [9.17, 15) is 0 Å². The van der Waals surface area contributed by atoms with Gasteiger partial charge in [0, 0.05) is 18.5 Å². The summed E-state index contributed by atoms with van der Waals surface area (Å²) in [6.07, 6.45) is 2.59. The van der Waals surface area contributed by atoms with Crippen LogP contribution in [-0.4, -0.2) is 23.3 Å². The van der Waals surface area contributed by atoms with E-state index in [-0.39, 0.29) is 0 Å². The Morgan fingerprint density at radius 3 is 2.87 bits per heavy atom. The van der Waals surface area contributed by atoms with E-state index >= 15 is 0 Å². The first-order valence-electron chi connectivity index (χ1n) is 5.24. The van der Waals surface area contributed by atoms with Crippen LogP contribution in [0.4, 0.5) is 5.69 Å². The molecule has 3 nitrogen and oxygen atoms in total. The van der Waals surface area contributed by atoms with Crippen molar-refractivity contribution in [2.45, 2.75) is 12.8 Å². The first-order chi connectivity index (χ1) is 7.36. The Hall–Kier alpha value is -1.03. The van der Waals surface area contributed by atoms with Crippen LogP contribution >= 0.6 is 15.9 Å². The molecule has 4 heteroatoms. The Labute approximate surface area is 96.6 Å². The third-order valence-corrected chi connectivity index (χ3v) is 3.57. The van der Waals surface area contributed by atoms with E-state index < -0.39 is 0 Å². The van der Waals surface area contributed by atoms with Crippen molar-refractivity contribution in [3.05, 3.63) is 22.8 Å². The standard InChI is InChI=1S/C11H12BrN3/c12-11-8-4-3-5-9(10(8)13-14-11)15-6-1-2-7-15/h3-5H,1-2,6-7H2,(H,13,14). The summed E-state index contributed by atoms with van der Waals surface area (Å²) in [5.74, 6) is 0. The summed E-state index contributed by atoms with van der Waals surface area (Å²) in [5, 5.41) is 8.50. The minimum absolute atomic E-state index is 0.971. The van der Waals surface area contributed by atoms with E-state index in [0.717, 1.165) is 23.2 Å². The van der Waals surface area contributed by atoms with Gasteiger partial charge in [-0.25, -0.2) is 0 Å². The van der Waals surface area contributed by atoms with Crippen molar-refractivity contribution in [2.75, 3.05) is 18.0 Å². The quantitative estimate of drug-likeness (QED) is 0.860. The average Bonchev–Trinajstić information content (AvgIpc) is 2.88. The number of benzene rings is 1. The van der Waals surface area contributed by atoms with Gasteiger partial charge in [-0.3, -0.25) is 5.10 Å². The van der Waals surface area contributed by atoms with Crippen molar-refractivity contribution in [3.8, 4) is 0 Å². The molecule has 1 fully saturated rings. The second kappa shape index (κ2) is 3.52. The van der Waals surface area contributed by atoms with E-state index in [1.807, 2.05) is 0 Å². The van der Waals surface area contributed by atoms with Crippen molar-refractivity contribution in [1.82, 2.24) is 10.2 Å². The molecule has 0 saturated carbocycles. The number of aromatic amines is 1. The largest absolute Gasteiger partial charge is 0.370 e. The summed E-state index contributed by atoms with van der Waals surface area (Å²) in [4.78, 5) is 2.41. The molecular formula is C11H12BrN3. The minimum Gasteiger partial charge on any atom is -0.370 e. The summed E-state index contributed by atoms with van der Waals surface area (Å²) >= 11 is 3.47. The molecule has 0 aliphatic carbocycles. The summed E-state index contributed by atoms with van der Waals surface area (Å²) in [6, 6.07) is 6.33. The van der Waals surface area contributed by atoms with Gasteiger partial charge in [0.25, 0.3) is 0 Å². The summed E-state index contributed by atoms with van der Waals surface area (Å²) in [6.45, 7) is 2.31. The highest BCUT2D eigenvalue weighted by molar-refractivity contribution is 9.10. The molecule has 0 atom stereocenters. The Morgan fingerprint density at radius 2 is 2.07 bits per heavy atom. The first-order valence-corrected chi connectivity index (χ1v) is 6.03. The predicted molar refractivity (Wildman–Crippen MR) is 65.2 cm³/mol. The monoisotopic (exact) mass is 265 g/mol. The van der Waals surface area contributed by atoms with Crippen LogP contribution in [0.1, 0.15) is 12.8 Å². The van der Waals surface area contributed by atoms with Crippen LogP contribution in [0.15, 0.2) is 22.8 Å². The van der Waals surface area contributed by atoms with Crippen LogP contribution in [0.3, 0.4) is 0 Å². The van der Waals surface area contributed by atoms with Crippen LogP contribution in [-0.2, 0) is 0 Å². The molecule has 2 heterocycles. The number of H-pyrrole nitrogens is 1. The van der Waals surface area contributed by atoms with E-state index in [4.69, 9.17) is 0 Å². The molecule has 1 saturated heterocycles. The Bertz CT molecular complexity index is 486. The number of para-hydroxylation sites is 1. The number of anilines is 1. The number of nitrogens with one attached hydrogen (secondary N) is 1. The third-order valence-electron chi connectivity index (χ3n) is 2.96. The topological polar surface area (TPSA) is 31.9 Å². The van der Waals surface area contributed by atoms with Gasteiger partial charge in [-0.1, -0.05) is 6.07 Å². The Kier molecular flexibility index (Phi) is 2.16. The first kappa shape index (κ1) is 9.21. The zero-order chi connectivity index (χ0) is 10.3. The van der Waals surface area contributed by atoms with Crippen LogP contribution in [0, 0.1) is 0 Å². The van der Waals surface area contributed by atoms with Gasteiger partial charge in [0.1, 0.15) is 10.1 Å². The van der Waals surface area contributed by atoms with Gasteiger partial charge in [-0.05, 0) is 40.9 Å². The van der Waals surface area contributed by atoms with Crippen LogP contribution in [0.25, 0.3) is 10.9 Å². The molecule has 0 bridgehead atoms. The summed E-state index contributed by atoms with van der Waals surface area (Å²) < 4.78 is 0.971. The second-order valence-corrected chi connectivity index (χ2v) is 4.70. The Morgan fingerprint density at radius 1 is 1.27 bits per heavy atom. The predicted octanol–water partition coefficient (Wildman–Crippen LogP) is 2.93. The molecule has 0 amide bonds. The third kappa shape index (κ3) is 1.44. The number of halogens is 1. The fourth-order valence-corrected chi connectivity index (χ4v) is 2.61. The van der Waals surface area contributed by atoms with E-state index in [1.165, 1.54) is 23.9 Å². The minimum atomic E-state index is 0.971. The van der Waals surface area contributed by atoms with Crippen molar-refractivity contribution >= 4 is 32.5 Å². The smallest absolute Gasteiger partial charge is 0.117 e. The van der Waals surface area contributed by atoms with Gasteiger partial charge in [0.2, 0.25) is 0 Å². The highest BCUT2D eigenvalue weighted by atomic mass is 79.9. The number of aromatic nitrogens is 2. The molecule has 2 aromatic rings. The molecule has 15 heavy (non-hydrogen) atoms. The van der Waals surface area contributed by atoms with Crippen LogP contribution in [0.2, 0.25) is 0 Å². The SMILES string of the molecule is Brc1[nH]nc2c(N3CCCC3)cccc12. The van der Waals surface area contributed by atoms with Crippen molar-refractivity contribution in [2.24, 2.45) is 0 Å². The maximum atomic E-state index is 4.35. The molecule has 0 spiro atoms. The van der Waals surface area contributed by atoms with E-state index in [0.29, 0.717) is 0 Å². The van der Waals surface area contributed by atoms with Crippen molar-refractivity contribution in [1.29, 1.82) is 0 Å². The normalized spacial score (nSPS) is 16.5. The molecular weight excluding hydrogens is 254 g/mol. The number of fused-ring (bicyclic) bond motifs is 1. The number of hydrogen-bond donors (Lipinski definition) is 1. The molecule has 78 valence electrons. The summed E-state index contributed by atoms with van der Waals surface area (Å²) in [7, 11) is 0. The molecule has 1 aromatic heterocycles.